The van der Waals surface area contributed by atoms with Crippen LogP contribution >= 0.6 is 20.2 Å². The molecule has 0 aromatic heterocycles. The molecule has 2 rings (SSSR count). The number of alkyl halides is 7. The van der Waals surface area contributed by atoms with Gasteiger partial charge in [0.15, 0.2) is 0 Å². The average Bonchev–Trinajstić information content (AvgIpc) is 2.67. The van der Waals surface area contributed by atoms with Gasteiger partial charge < -0.3 is 0 Å². The first-order valence-corrected chi connectivity index (χ1v) is 11.8. The molecular formula is C16H12F7IO3S. The van der Waals surface area contributed by atoms with Gasteiger partial charge in [0.1, 0.15) is 0 Å². The maximum atomic E-state index is 14.0. The van der Waals surface area contributed by atoms with Gasteiger partial charge in [-0.25, -0.2) is 0 Å². The minimum absolute atomic E-state index is 0.137. The van der Waals surface area contributed by atoms with Crippen molar-refractivity contribution in [3.63, 3.8) is 0 Å². The Kier molecular flexibility index (Phi) is 6.65. The van der Waals surface area contributed by atoms with Gasteiger partial charge in [0.25, 0.3) is 0 Å². The molecule has 28 heavy (non-hydrogen) atoms. The van der Waals surface area contributed by atoms with Crippen LogP contribution in [-0.2, 0) is 12.6 Å². The quantitative estimate of drug-likeness (QED) is 0.334. The van der Waals surface area contributed by atoms with Crippen LogP contribution in [0.15, 0.2) is 60.7 Å². The van der Waals surface area contributed by atoms with Crippen molar-refractivity contribution in [1.29, 1.82) is 0 Å². The van der Waals surface area contributed by atoms with Crippen molar-refractivity contribution in [2.24, 2.45) is 0 Å². The molecule has 156 valence electrons. The molecule has 0 aliphatic heterocycles. The van der Waals surface area contributed by atoms with Gasteiger partial charge in [-0.1, -0.05) is 0 Å². The Bertz CT molecular complexity index is 853. The van der Waals surface area contributed by atoms with Gasteiger partial charge in [-0.3, -0.25) is 0 Å². The normalized spacial score (nSPS) is 14.0. The standard InChI is InChI=1S/C16H12F7IO3S/c17-11-14(18,19)15(20,21)16(22,23)28(25,26)27-24(12-7-3-1-4-8-12)13-9-5-2-6-10-13/h1-10H,11H2. The molecule has 3 nitrogen and oxygen atoms in total. The summed E-state index contributed by atoms with van der Waals surface area (Å²) in [6, 6.07) is 14.1. The molecule has 2 aromatic rings. The van der Waals surface area contributed by atoms with Crippen LogP contribution in [0, 0.1) is 7.14 Å². The number of hydrogen-bond donors (Lipinski definition) is 0. The second-order valence-corrected chi connectivity index (χ2v) is 11.8. The molecule has 0 N–H and O–H groups in total. The van der Waals surface area contributed by atoms with E-state index in [1.807, 2.05) is 0 Å². The average molecular weight is 544 g/mol. The van der Waals surface area contributed by atoms with E-state index in [-0.39, 0.29) is 7.14 Å². The van der Waals surface area contributed by atoms with Crippen LogP contribution in [0.1, 0.15) is 0 Å². The van der Waals surface area contributed by atoms with Crippen molar-refractivity contribution >= 4 is 30.4 Å². The summed E-state index contributed by atoms with van der Waals surface area (Å²) < 4.78 is 122. The first-order chi connectivity index (χ1) is 12.9. The third-order valence-corrected chi connectivity index (χ3v) is 10.7. The van der Waals surface area contributed by atoms with E-state index >= 15 is 0 Å². The van der Waals surface area contributed by atoms with E-state index in [9.17, 15) is 39.2 Å². The van der Waals surface area contributed by atoms with Crippen molar-refractivity contribution in [2.75, 3.05) is 6.67 Å². The predicted octanol–water partition coefficient (Wildman–Crippen LogP) is 5.33. The molecule has 0 spiro atoms. The van der Waals surface area contributed by atoms with Gasteiger partial charge in [0, 0.05) is 0 Å². The number of halogens is 8. The molecule has 0 saturated carbocycles. The van der Waals surface area contributed by atoms with Crippen molar-refractivity contribution in [3.8, 4) is 0 Å². The number of rotatable bonds is 8. The third kappa shape index (κ3) is 4.13. The second kappa shape index (κ2) is 8.14. The Balaban J connectivity index is 2.51. The van der Waals surface area contributed by atoms with Crippen LogP contribution in [0.5, 0.6) is 0 Å². The van der Waals surface area contributed by atoms with E-state index in [0.717, 1.165) is 0 Å². The molecule has 2 aromatic carbocycles. The summed E-state index contributed by atoms with van der Waals surface area (Å²) in [6.45, 7) is -3.18. The number of hydrogen-bond acceptors (Lipinski definition) is 3. The van der Waals surface area contributed by atoms with Gasteiger partial charge in [0.2, 0.25) is 0 Å². The zero-order valence-electron chi connectivity index (χ0n) is 13.6. The second-order valence-electron chi connectivity index (χ2n) is 5.29. The predicted molar refractivity (Wildman–Crippen MR) is 95.1 cm³/mol. The Morgan fingerprint density at radius 3 is 1.54 bits per heavy atom. The summed E-state index contributed by atoms with van der Waals surface area (Å²) >= 11 is -3.77. The first kappa shape index (κ1) is 22.9. The van der Waals surface area contributed by atoms with E-state index in [2.05, 4.69) is 2.51 Å². The summed E-state index contributed by atoms with van der Waals surface area (Å²) in [6.07, 6.45) is 0. The number of benzene rings is 2. The van der Waals surface area contributed by atoms with Gasteiger partial charge in [0.05, 0.1) is 0 Å². The van der Waals surface area contributed by atoms with E-state index in [1.54, 1.807) is 0 Å². The van der Waals surface area contributed by atoms with E-state index in [4.69, 9.17) is 0 Å². The molecule has 0 amide bonds. The van der Waals surface area contributed by atoms with Crippen LogP contribution in [0.3, 0.4) is 0 Å². The SMILES string of the molecule is O=S(=O)(OI(c1ccccc1)c1ccccc1)C(F)(F)C(F)(F)C(F)(F)CF. The summed E-state index contributed by atoms with van der Waals surface area (Å²) in [5.41, 5.74) is 0. The molecule has 0 aliphatic rings. The molecule has 0 fully saturated rings. The summed E-state index contributed by atoms with van der Waals surface area (Å²) in [5, 5.41) is -6.37. The van der Waals surface area contributed by atoms with Crippen LogP contribution in [0.4, 0.5) is 30.7 Å². The van der Waals surface area contributed by atoms with Crippen LogP contribution in [0.25, 0.3) is 0 Å². The van der Waals surface area contributed by atoms with Crippen LogP contribution in [-0.4, -0.2) is 32.2 Å². The molecule has 0 aliphatic carbocycles. The van der Waals surface area contributed by atoms with Crippen molar-refractivity contribution < 1.29 is 41.7 Å². The van der Waals surface area contributed by atoms with Gasteiger partial charge in [-0.05, 0) is 0 Å². The molecule has 0 bridgehead atoms. The monoisotopic (exact) mass is 544 g/mol. The summed E-state index contributed by atoms with van der Waals surface area (Å²) in [5.74, 6) is -12.4. The van der Waals surface area contributed by atoms with E-state index in [1.165, 1.54) is 60.7 Å². The Labute approximate surface area is 163 Å². The van der Waals surface area contributed by atoms with E-state index < -0.39 is 54.1 Å². The fourth-order valence-electron chi connectivity index (χ4n) is 1.83. The van der Waals surface area contributed by atoms with Crippen LogP contribution < -0.4 is 0 Å². The molecule has 0 atom stereocenters. The zero-order valence-corrected chi connectivity index (χ0v) is 16.6. The van der Waals surface area contributed by atoms with Crippen molar-refractivity contribution in [2.45, 2.75) is 17.1 Å². The fraction of sp³-hybridized carbons (Fsp3) is 0.250. The van der Waals surface area contributed by atoms with Crippen LogP contribution in [0.2, 0.25) is 0 Å². The maximum absolute atomic E-state index is 14.0. The minimum atomic E-state index is -6.57. The molecule has 0 heterocycles. The molecule has 0 unspecified atom stereocenters. The first-order valence-electron chi connectivity index (χ1n) is 7.31. The molecular weight excluding hydrogens is 532 g/mol. The molecule has 0 radical (unpaired) electrons. The molecule has 12 heteroatoms. The zero-order chi connectivity index (χ0) is 21.2. The summed E-state index contributed by atoms with van der Waals surface area (Å²) in [4.78, 5) is 0. The third-order valence-electron chi connectivity index (χ3n) is 3.32. The van der Waals surface area contributed by atoms with Gasteiger partial charge >= 0.3 is 164 Å². The topological polar surface area (TPSA) is 43.4 Å². The van der Waals surface area contributed by atoms with Crippen molar-refractivity contribution in [3.05, 3.63) is 67.8 Å². The Hall–Kier alpha value is -1.41. The van der Waals surface area contributed by atoms with Gasteiger partial charge in [-0.2, -0.15) is 0 Å². The Morgan fingerprint density at radius 2 is 1.18 bits per heavy atom. The fourth-order valence-corrected chi connectivity index (χ4v) is 8.89. The van der Waals surface area contributed by atoms with Gasteiger partial charge in [-0.15, -0.1) is 0 Å². The Morgan fingerprint density at radius 1 is 0.786 bits per heavy atom. The van der Waals surface area contributed by atoms with Crippen molar-refractivity contribution in [1.82, 2.24) is 0 Å². The van der Waals surface area contributed by atoms with E-state index in [0.29, 0.717) is 0 Å². The molecule has 0 saturated heterocycles. The summed E-state index contributed by atoms with van der Waals surface area (Å²) in [7, 11) is -6.57.